The van der Waals surface area contributed by atoms with Crippen molar-refractivity contribution in [2.24, 2.45) is 14.1 Å². The number of nitrogen functional groups attached to an aromatic ring is 1. The zero-order valence-electron chi connectivity index (χ0n) is 18.2. The maximum atomic E-state index is 13.2. The Labute approximate surface area is 184 Å². The number of aromatic nitrogens is 2. The Morgan fingerprint density at radius 1 is 1.06 bits per heavy atom. The highest BCUT2D eigenvalue weighted by molar-refractivity contribution is 6.02. The molecule has 1 aromatic heterocycles. The van der Waals surface area contributed by atoms with Gasteiger partial charge in [0.1, 0.15) is 17.1 Å². The van der Waals surface area contributed by atoms with Crippen LogP contribution in [0.3, 0.4) is 0 Å². The standard InChI is InChI=1S/C22H27N5O5/c1-24-19(23)18(21(30)25(2)22(24)31)15(28)12-27-13-17(20(29)26-10-6-3-7-11-26)32-16-9-5-4-8-14(16)27/h4-5,8-9,17H,3,6-7,10-13,23H2,1-2H3/t17-/m1/s1. The minimum absolute atomic E-state index is 0.103. The second kappa shape index (κ2) is 8.52. The van der Waals surface area contributed by atoms with Crippen molar-refractivity contribution in [3.05, 3.63) is 50.7 Å². The molecule has 1 fully saturated rings. The minimum atomic E-state index is -0.754. The average molecular weight is 441 g/mol. The molecular formula is C22H27N5O5. The van der Waals surface area contributed by atoms with E-state index in [0.717, 1.165) is 28.4 Å². The zero-order chi connectivity index (χ0) is 23.0. The predicted octanol–water partition coefficient (Wildman–Crippen LogP) is 0.129. The molecule has 10 heteroatoms. The maximum absolute atomic E-state index is 13.2. The molecule has 170 valence electrons. The molecule has 0 bridgehead atoms. The average Bonchev–Trinajstić information content (AvgIpc) is 2.81. The zero-order valence-corrected chi connectivity index (χ0v) is 18.2. The molecule has 0 spiro atoms. The smallest absolute Gasteiger partial charge is 0.332 e. The van der Waals surface area contributed by atoms with Gasteiger partial charge in [0.25, 0.3) is 11.5 Å². The molecule has 2 N–H and O–H groups in total. The first-order chi connectivity index (χ1) is 15.3. The normalized spacial score (nSPS) is 18.1. The molecule has 1 amide bonds. The van der Waals surface area contributed by atoms with Gasteiger partial charge in [0.2, 0.25) is 0 Å². The summed E-state index contributed by atoms with van der Waals surface area (Å²) in [6.45, 7) is 1.39. The second-order valence-corrected chi connectivity index (χ2v) is 8.23. The lowest BCUT2D eigenvalue weighted by Crippen LogP contribution is -2.52. The van der Waals surface area contributed by atoms with Crippen LogP contribution in [0.4, 0.5) is 11.5 Å². The van der Waals surface area contributed by atoms with Gasteiger partial charge in [-0.3, -0.25) is 23.5 Å². The first-order valence-corrected chi connectivity index (χ1v) is 10.7. The van der Waals surface area contributed by atoms with Crippen molar-refractivity contribution < 1.29 is 14.3 Å². The summed E-state index contributed by atoms with van der Waals surface area (Å²) in [5, 5.41) is 0. The van der Waals surface area contributed by atoms with Gasteiger partial charge in [-0.15, -0.1) is 0 Å². The molecule has 1 saturated heterocycles. The number of benzene rings is 1. The minimum Gasteiger partial charge on any atom is -0.477 e. The van der Waals surface area contributed by atoms with Crippen LogP contribution in [0, 0.1) is 0 Å². The topological polar surface area (TPSA) is 120 Å². The Kier molecular flexibility index (Phi) is 5.77. The fourth-order valence-electron chi connectivity index (χ4n) is 4.28. The van der Waals surface area contributed by atoms with Gasteiger partial charge in [0.15, 0.2) is 11.9 Å². The third kappa shape index (κ3) is 3.76. The number of ether oxygens (including phenoxy) is 1. The van der Waals surface area contributed by atoms with Gasteiger partial charge in [-0.25, -0.2) is 4.79 Å². The van der Waals surface area contributed by atoms with E-state index in [-0.39, 0.29) is 30.4 Å². The molecule has 2 aromatic rings. The molecule has 0 radical (unpaired) electrons. The lowest BCUT2D eigenvalue weighted by atomic mass is 10.1. The molecule has 2 aliphatic rings. The molecule has 32 heavy (non-hydrogen) atoms. The quantitative estimate of drug-likeness (QED) is 0.670. The van der Waals surface area contributed by atoms with Crippen molar-refractivity contribution in [1.82, 2.24) is 14.0 Å². The van der Waals surface area contributed by atoms with E-state index in [4.69, 9.17) is 10.5 Å². The third-order valence-electron chi connectivity index (χ3n) is 6.13. The van der Waals surface area contributed by atoms with Crippen LogP contribution in [0.15, 0.2) is 33.9 Å². The van der Waals surface area contributed by atoms with Gasteiger partial charge in [-0.2, -0.15) is 0 Å². The maximum Gasteiger partial charge on any atom is 0.332 e. The van der Waals surface area contributed by atoms with Crippen LogP contribution < -0.4 is 26.6 Å². The number of nitrogens with zero attached hydrogens (tertiary/aromatic N) is 4. The number of fused-ring (bicyclic) bond motifs is 1. The van der Waals surface area contributed by atoms with E-state index >= 15 is 0 Å². The van der Waals surface area contributed by atoms with Crippen molar-refractivity contribution in [2.45, 2.75) is 25.4 Å². The number of piperidine rings is 1. The summed E-state index contributed by atoms with van der Waals surface area (Å²) < 4.78 is 7.92. The van der Waals surface area contributed by atoms with Crippen LogP contribution in [0.25, 0.3) is 0 Å². The van der Waals surface area contributed by atoms with Crippen molar-refractivity contribution in [1.29, 1.82) is 0 Å². The van der Waals surface area contributed by atoms with E-state index in [9.17, 15) is 19.2 Å². The Morgan fingerprint density at radius 3 is 2.47 bits per heavy atom. The number of carbonyl (C=O) groups is 2. The van der Waals surface area contributed by atoms with E-state index < -0.39 is 23.1 Å². The number of amides is 1. The fourth-order valence-corrected chi connectivity index (χ4v) is 4.28. The van der Waals surface area contributed by atoms with Crippen molar-refractivity contribution >= 4 is 23.2 Å². The van der Waals surface area contributed by atoms with Gasteiger partial charge in [-0.05, 0) is 31.4 Å². The lowest BCUT2D eigenvalue weighted by molar-refractivity contribution is -0.139. The Morgan fingerprint density at radius 2 is 1.75 bits per heavy atom. The number of rotatable bonds is 4. The number of Topliss-reactive ketones (excluding diaryl/α,β-unsaturated/α-hetero) is 1. The summed E-state index contributed by atoms with van der Waals surface area (Å²) in [5.74, 6) is -0.303. The summed E-state index contributed by atoms with van der Waals surface area (Å²) in [5.41, 5.74) is 5.03. The van der Waals surface area contributed by atoms with Gasteiger partial charge in [-0.1, -0.05) is 12.1 Å². The number of carbonyl (C=O) groups excluding carboxylic acids is 2. The van der Waals surface area contributed by atoms with Crippen LogP contribution in [0.2, 0.25) is 0 Å². The molecule has 2 aliphatic heterocycles. The van der Waals surface area contributed by atoms with Gasteiger partial charge >= 0.3 is 5.69 Å². The number of anilines is 2. The van der Waals surface area contributed by atoms with Crippen molar-refractivity contribution in [3.8, 4) is 5.75 Å². The lowest BCUT2D eigenvalue weighted by Gasteiger charge is -2.38. The largest absolute Gasteiger partial charge is 0.477 e. The number of nitrogens with two attached hydrogens (primary N) is 1. The van der Waals surface area contributed by atoms with Crippen molar-refractivity contribution in [2.75, 3.05) is 36.8 Å². The molecule has 4 rings (SSSR count). The van der Waals surface area contributed by atoms with Gasteiger partial charge in [0.05, 0.1) is 18.8 Å². The van der Waals surface area contributed by atoms with Crippen LogP contribution in [-0.2, 0) is 18.9 Å². The monoisotopic (exact) mass is 441 g/mol. The number of hydrogen-bond donors (Lipinski definition) is 1. The second-order valence-electron chi connectivity index (χ2n) is 8.23. The molecular weight excluding hydrogens is 414 g/mol. The Hall–Kier alpha value is -3.56. The number of para-hydroxylation sites is 2. The van der Waals surface area contributed by atoms with E-state index in [1.54, 1.807) is 23.1 Å². The number of hydrogen-bond acceptors (Lipinski definition) is 7. The van der Waals surface area contributed by atoms with Gasteiger partial charge < -0.3 is 20.3 Å². The Balaban J connectivity index is 1.64. The number of ketones is 1. The van der Waals surface area contributed by atoms with Crippen LogP contribution in [0.5, 0.6) is 5.75 Å². The summed E-state index contributed by atoms with van der Waals surface area (Å²) in [7, 11) is 2.71. The van der Waals surface area contributed by atoms with E-state index in [1.807, 2.05) is 11.0 Å². The molecule has 0 unspecified atom stereocenters. The highest BCUT2D eigenvalue weighted by atomic mass is 16.5. The highest BCUT2D eigenvalue weighted by Crippen LogP contribution is 2.33. The predicted molar refractivity (Wildman–Crippen MR) is 119 cm³/mol. The summed E-state index contributed by atoms with van der Waals surface area (Å²) in [6, 6.07) is 7.16. The molecule has 10 nitrogen and oxygen atoms in total. The fraction of sp³-hybridized carbons (Fsp3) is 0.455. The summed E-state index contributed by atoms with van der Waals surface area (Å²) in [4.78, 5) is 54.5. The molecule has 0 saturated carbocycles. The van der Waals surface area contributed by atoms with Crippen molar-refractivity contribution in [3.63, 3.8) is 0 Å². The molecule has 1 atom stereocenters. The van der Waals surface area contributed by atoms with Gasteiger partial charge in [0, 0.05) is 27.2 Å². The molecule has 1 aromatic carbocycles. The van der Waals surface area contributed by atoms with E-state index in [1.165, 1.54) is 14.1 Å². The van der Waals surface area contributed by atoms with Crippen LogP contribution >= 0.6 is 0 Å². The van der Waals surface area contributed by atoms with E-state index in [0.29, 0.717) is 24.5 Å². The van der Waals surface area contributed by atoms with E-state index in [2.05, 4.69) is 0 Å². The third-order valence-corrected chi connectivity index (χ3v) is 6.13. The summed E-state index contributed by atoms with van der Waals surface area (Å²) >= 11 is 0. The SMILES string of the molecule is Cn1c(N)c(C(=O)CN2C[C@H](C(=O)N3CCCCC3)Oc3ccccc32)c(=O)n(C)c1=O. The molecule has 3 heterocycles. The van der Waals surface area contributed by atoms with Crippen LogP contribution in [0.1, 0.15) is 29.6 Å². The molecule has 0 aliphatic carbocycles. The Bertz CT molecular complexity index is 1180. The van der Waals surface area contributed by atoms with Crippen LogP contribution in [-0.4, -0.2) is 58.0 Å². The number of likely N-dealkylation sites (tertiary alicyclic amines) is 1. The highest BCUT2D eigenvalue weighted by Gasteiger charge is 2.35. The summed E-state index contributed by atoms with van der Waals surface area (Å²) in [6.07, 6.45) is 2.28. The first kappa shape index (κ1) is 21.7. The first-order valence-electron chi connectivity index (χ1n) is 10.7.